The highest BCUT2D eigenvalue weighted by molar-refractivity contribution is 6.22. The van der Waals surface area contributed by atoms with Crippen molar-refractivity contribution in [3.05, 3.63) is 71.3 Å². The van der Waals surface area contributed by atoms with Crippen LogP contribution in [0, 0.1) is 11.8 Å². The van der Waals surface area contributed by atoms with Gasteiger partial charge in [0.2, 0.25) is 11.8 Å². The monoisotopic (exact) mass is 388 g/mol. The third-order valence-corrected chi connectivity index (χ3v) is 5.84. The standard InChI is InChI=1S/C24H24N2O3/c1-3-16-7-4-5-10-21(16)25-22(27)17-8-6-9-18(14-17)26-23(28)19-12-11-15(2)13-20(19)24(26)29/h4-11,14,19-20H,3,12-13H2,1-2H3,(H,25,27)/t19-,20+/m0/s1. The van der Waals surface area contributed by atoms with Crippen LogP contribution >= 0.6 is 0 Å². The average Bonchev–Trinajstić information content (AvgIpc) is 2.98. The van der Waals surface area contributed by atoms with Crippen molar-refractivity contribution in [2.24, 2.45) is 11.8 Å². The number of nitrogens with zero attached hydrogens (tertiary/aromatic N) is 1. The lowest BCUT2D eigenvalue weighted by atomic mass is 9.82. The molecule has 2 aromatic carbocycles. The molecule has 2 aromatic rings. The maximum atomic E-state index is 12.9. The van der Waals surface area contributed by atoms with E-state index in [1.807, 2.05) is 44.2 Å². The molecule has 1 aliphatic heterocycles. The Morgan fingerprint density at radius 3 is 2.62 bits per heavy atom. The van der Waals surface area contributed by atoms with Crippen molar-refractivity contribution in [2.75, 3.05) is 10.2 Å². The van der Waals surface area contributed by atoms with Gasteiger partial charge >= 0.3 is 0 Å². The van der Waals surface area contributed by atoms with Crippen molar-refractivity contribution in [3.8, 4) is 0 Å². The first-order valence-electron chi connectivity index (χ1n) is 10.0. The Kier molecular flexibility index (Phi) is 5.05. The lowest BCUT2D eigenvalue weighted by molar-refractivity contribution is -0.122. The van der Waals surface area contributed by atoms with Gasteiger partial charge in [0.15, 0.2) is 0 Å². The van der Waals surface area contributed by atoms with Gasteiger partial charge in [0.1, 0.15) is 0 Å². The van der Waals surface area contributed by atoms with E-state index in [9.17, 15) is 14.4 Å². The maximum absolute atomic E-state index is 12.9. The van der Waals surface area contributed by atoms with E-state index in [0.717, 1.165) is 23.2 Å². The highest BCUT2D eigenvalue weighted by atomic mass is 16.2. The Morgan fingerprint density at radius 2 is 1.83 bits per heavy atom. The molecule has 0 aromatic heterocycles. The van der Waals surface area contributed by atoms with Crippen LogP contribution in [0.4, 0.5) is 11.4 Å². The molecular weight excluding hydrogens is 364 g/mol. The van der Waals surface area contributed by atoms with Crippen LogP contribution < -0.4 is 10.2 Å². The fraction of sp³-hybridized carbons (Fsp3) is 0.292. The average molecular weight is 388 g/mol. The molecule has 0 spiro atoms. The molecule has 5 heteroatoms. The van der Waals surface area contributed by atoms with Crippen molar-refractivity contribution in [1.82, 2.24) is 0 Å². The maximum Gasteiger partial charge on any atom is 0.255 e. The summed E-state index contributed by atoms with van der Waals surface area (Å²) in [6.45, 7) is 4.03. The number of anilines is 2. The predicted octanol–water partition coefficient (Wildman–Crippen LogP) is 4.35. The van der Waals surface area contributed by atoms with Gasteiger partial charge in [0.25, 0.3) is 5.91 Å². The fourth-order valence-corrected chi connectivity index (χ4v) is 4.22. The molecule has 3 amide bonds. The molecule has 0 radical (unpaired) electrons. The van der Waals surface area contributed by atoms with Crippen molar-refractivity contribution >= 4 is 29.1 Å². The molecule has 2 aliphatic rings. The van der Waals surface area contributed by atoms with Gasteiger partial charge in [-0.25, -0.2) is 0 Å². The van der Waals surface area contributed by atoms with E-state index in [4.69, 9.17) is 0 Å². The second-order valence-electron chi connectivity index (χ2n) is 7.73. The summed E-state index contributed by atoms with van der Waals surface area (Å²) in [5.74, 6) is -1.18. The van der Waals surface area contributed by atoms with Gasteiger partial charge in [0.05, 0.1) is 17.5 Å². The molecule has 1 heterocycles. The summed E-state index contributed by atoms with van der Waals surface area (Å²) in [6.07, 6.45) is 4.08. The van der Waals surface area contributed by atoms with E-state index in [0.29, 0.717) is 24.1 Å². The molecule has 0 bridgehead atoms. The van der Waals surface area contributed by atoms with Crippen molar-refractivity contribution in [1.29, 1.82) is 0 Å². The van der Waals surface area contributed by atoms with Gasteiger partial charge in [-0.2, -0.15) is 0 Å². The predicted molar refractivity (Wildman–Crippen MR) is 113 cm³/mol. The lowest BCUT2D eigenvalue weighted by Gasteiger charge is -2.18. The van der Waals surface area contributed by atoms with Crippen LogP contribution in [0.2, 0.25) is 0 Å². The zero-order valence-corrected chi connectivity index (χ0v) is 16.6. The highest BCUT2D eigenvalue weighted by Crippen LogP contribution is 2.39. The van der Waals surface area contributed by atoms with E-state index in [1.54, 1.807) is 24.3 Å². The molecule has 148 valence electrons. The van der Waals surface area contributed by atoms with Crippen molar-refractivity contribution in [3.63, 3.8) is 0 Å². The number of benzene rings is 2. The molecule has 29 heavy (non-hydrogen) atoms. The minimum atomic E-state index is -0.292. The molecular formula is C24H24N2O3. The molecule has 1 saturated heterocycles. The second kappa shape index (κ2) is 7.66. The second-order valence-corrected chi connectivity index (χ2v) is 7.73. The summed E-state index contributed by atoms with van der Waals surface area (Å²) < 4.78 is 0. The first-order chi connectivity index (χ1) is 14.0. The first-order valence-corrected chi connectivity index (χ1v) is 10.0. The number of allylic oxidation sites excluding steroid dienone is 2. The number of nitrogens with one attached hydrogen (secondary N) is 1. The fourth-order valence-electron chi connectivity index (χ4n) is 4.22. The summed E-state index contributed by atoms with van der Waals surface area (Å²) in [5.41, 5.74) is 3.85. The normalized spacial score (nSPS) is 21.0. The number of carbonyl (C=O) groups excluding carboxylic acids is 3. The first kappa shape index (κ1) is 19.1. The van der Waals surface area contributed by atoms with E-state index >= 15 is 0 Å². The molecule has 1 fully saturated rings. The zero-order chi connectivity index (χ0) is 20.5. The van der Waals surface area contributed by atoms with E-state index < -0.39 is 0 Å². The summed E-state index contributed by atoms with van der Waals surface area (Å²) in [7, 11) is 0. The van der Waals surface area contributed by atoms with Crippen LogP contribution in [0.3, 0.4) is 0 Å². The van der Waals surface area contributed by atoms with E-state index in [2.05, 4.69) is 5.32 Å². The van der Waals surface area contributed by atoms with Crippen LogP contribution in [0.1, 0.15) is 42.6 Å². The number of amides is 3. The number of carbonyl (C=O) groups is 3. The van der Waals surface area contributed by atoms with Gasteiger partial charge < -0.3 is 5.32 Å². The Hall–Kier alpha value is -3.21. The Morgan fingerprint density at radius 1 is 1.07 bits per heavy atom. The molecule has 1 aliphatic carbocycles. The van der Waals surface area contributed by atoms with Crippen molar-refractivity contribution < 1.29 is 14.4 Å². The molecule has 0 saturated carbocycles. The number of para-hydroxylation sites is 1. The number of imide groups is 1. The molecule has 2 atom stereocenters. The van der Waals surface area contributed by atoms with Gasteiger partial charge in [-0.3, -0.25) is 19.3 Å². The number of rotatable bonds is 4. The van der Waals surface area contributed by atoms with Crippen LogP contribution in [0.15, 0.2) is 60.2 Å². The third-order valence-electron chi connectivity index (χ3n) is 5.84. The summed E-state index contributed by atoms with van der Waals surface area (Å²) in [4.78, 5) is 39.9. The summed E-state index contributed by atoms with van der Waals surface area (Å²) in [6, 6.07) is 14.4. The lowest BCUT2D eigenvalue weighted by Crippen LogP contribution is -2.31. The smallest absolute Gasteiger partial charge is 0.255 e. The topological polar surface area (TPSA) is 66.5 Å². The van der Waals surface area contributed by atoms with Gasteiger partial charge in [-0.05, 0) is 56.0 Å². The Balaban J connectivity index is 1.58. The third kappa shape index (κ3) is 3.48. The zero-order valence-electron chi connectivity index (χ0n) is 16.6. The minimum absolute atomic E-state index is 0.165. The summed E-state index contributed by atoms with van der Waals surface area (Å²) >= 11 is 0. The van der Waals surface area contributed by atoms with Crippen molar-refractivity contribution in [2.45, 2.75) is 33.1 Å². The highest BCUT2D eigenvalue weighted by Gasteiger charge is 2.48. The Bertz CT molecular complexity index is 1020. The van der Waals surface area contributed by atoms with Crippen LogP contribution in [-0.2, 0) is 16.0 Å². The molecule has 0 unspecified atom stereocenters. The number of aryl methyl sites for hydroxylation is 1. The van der Waals surface area contributed by atoms with Crippen LogP contribution in [0.5, 0.6) is 0 Å². The number of hydrogen-bond acceptors (Lipinski definition) is 3. The van der Waals surface area contributed by atoms with Crippen LogP contribution in [-0.4, -0.2) is 17.7 Å². The van der Waals surface area contributed by atoms with E-state index in [1.165, 1.54) is 4.90 Å². The molecule has 4 rings (SSSR count). The SMILES string of the molecule is CCc1ccccc1NC(=O)c1cccc(N2C(=O)[C@H]3CC=C(C)C[C@H]3C2=O)c1. The molecule has 5 nitrogen and oxygen atoms in total. The minimum Gasteiger partial charge on any atom is -0.322 e. The summed E-state index contributed by atoms with van der Waals surface area (Å²) in [5, 5.41) is 2.94. The van der Waals surface area contributed by atoms with Gasteiger partial charge in [-0.15, -0.1) is 0 Å². The Labute approximate surface area is 170 Å². The van der Waals surface area contributed by atoms with Crippen LogP contribution in [0.25, 0.3) is 0 Å². The largest absolute Gasteiger partial charge is 0.322 e. The van der Waals surface area contributed by atoms with E-state index in [-0.39, 0.29) is 29.6 Å². The van der Waals surface area contributed by atoms with Gasteiger partial charge in [-0.1, -0.05) is 42.8 Å². The van der Waals surface area contributed by atoms with Gasteiger partial charge in [0, 0.05) is 11.3 Å². The number of hydrogen-bond donors (Lipinski definition) is 1. The quantitative estimate of drug-likeness (QED) is 0.626. The molecule has 1 N–H and O–H groups in total. The number of fused-ring (bicyclic) bond motifs is 1.